The van der Waals surface area contributed by atoms with Crippen LogP contribution < -0.4 is 4.72 Å². The Morgan fingerprint density at radius 2 is 1.74 bits per heavy atom. The van der Waals surface area contributed by atoms with Gasteiger partial charge >= 0.3 is 0 Å². The van der Waals surface area contributed by atoms with E-state index in [1.807, 2.05) is 26.0 Å². The minimum Gasteiger partial charge on any atom is -0.373 e. The second-order valence-electron chi connectivity index (χ2n) is 6.56. The second kappa shape index (κ2) is 6.69. The number of nitrogens with one attached hydrogen (secondary N) is 1. The highest BCUT2D eigenvalue weighted by Crippen LogP contribution is 2.41. The van der Waals surface area contributed by atoms with Crippen molar-refractivity contribution in [3.63, 3.8) is 0 Å². The summed E-state index contributed by atoms with van der Waals surface area (Å²) < 4.78 is 35.6. The van der Waals surface area contributed by atoms with Crippen molar-refractivity contribution in [3.8, 4) is 0 Å². The molecule has 3 atom stereocenters. The molecule has 5 nitrogen and oxygen atoms in total. The second-order valence-corrected chi connectivity index (χ2v) is 8.70. The molecule has 3 unspecified atom stereocenters. The van der Waals surface area contributed by atoms with Crippen LogP contribution in [-0.4, -0.2) is 38.0 Å². The molecule has 0 aromatic heterocycles. The van der Waals surface area contributed by atoms with Crippen LogP contribution in [0, 0.1) is 5.92 Å². The maximum atomic E-state index is 12.8. The summed E-state index contributed by atoms with van der Waals surface area (Å²) in [6.45, 7) is 4.57. The fourth-order valence-electron chi connectivity index (χ4n) is 3.10. The summed E-state index contributed by atoms with van der Waals surface area (Å²) in [7, 11) is -3.54. The van der Waals surface area contributed by atoms with Crippen molar-refractivity contribution in [2.45, 2.75) is 44.9 Å². The zero-order chi connectivity index (χ0) is 16.6. The number of hydrogen-bond acceptors (Lipinski definition) is 3. The van der Waals surface area contributed by atoms with Gasteiger partial charge in [0.25, 0.3) is 10.2 Å². The minimum atomic E-state index is -3.54. The van der Waals surface area contributed by atoms with Gasteiger partial charge in [0, 0.05) is 18.1 Å². The highest BCUT2D eigenvalue weighted by molar-refractivity contribution is 7.87. The lowest BCUT2D eigenvalue weighted by Gasteiger charge is -2.35. The molecule has 1 aromatic carbocycles. The molecule has 2 fully saturated rings. The van der Waals surface area contributed by atoms with E-state index in [0.717, 1.165) is 18.4 Å². The lowest BCUT2D eigenvalue weighted by atomic mass is 10.0. The number of ether oxygens (including phenoxy) is 1. The van der Waals surface area contributed by atoms with Gasteiger partial charge in [0.05, 0.1) is 18.2 Å². The Kier molecular flexibility index (Phi) is 4.99. The third-order valence-electron chi connectivity index (χ3n) is 4.32. The third-order valence-corrected chi connectivity index (χ3v) is 6.11. The van der Waals surface area contributed by atoms with Crippen molar-refractivity contribution in [1.29, 1.82) is 0 Å². The van der Waals surface area contributed by atoms with E-state index in [-0.39, 0.29) is 18.2 Å². The zero-order valence-electron chi connectivity index (χ0n) is 13.4. The average molecular weight is 359 g/mol. The van der Waals surface area contributed by atoms with Gasteiger partial charge in [-0.1, -0.05) is 23.7 Å². The predicted molar refractivity (Wildman–Crippen MR) is 90.6 cm³/mol. The SMILES string of the molecule is CC1CN(S(=O)(=O)NC(c2ccc(Cl)cc2)C2CC2)CC(C)O1. The maximum absolute atomic E-state index is 12.8. The predicted octanol–water partition coefficient (Wildman–Crippen LogP) is 2.73. The monoisotopic (exact) mass is 358 g/mol. The molecular weight excluding hydrogens is 336 g/mol. The highest BCUT2D eigenvalue weighted by atomic mass is 35.5. The quantitative estimate of drug-likeness (QED) is 0.880. The van der Waals surface area contributed by atoms with E-state index in [1.54, 1.807) is 12.1 Å². The first-order valence-electron chi connectivity index (χ1n) is 8.03. The van der Waals surface area contributed by atoms with Crippen LogP contribution in [0.3, 0.4) is 0 Å². The van der Waals surface area contributed by atoms with Crippen LogP contribution >= 0.6 is 11.6 Å². The molecule has 1 aromatic rings. The number of benzene rings is 1. The molecule has 1 aliphatic heterocycles. The van der Waals surface area contributed by atoms with Crippen molar-refractivity contribution in [2.75, 3.05) is 13.1 Å². The standard InChI is InChI=1S/C16H23ClN2O3S/c1-11-9-19(10-12(2)22-11)23(20,21)18-16(13-3-4-13)14-5-7-15(17)8-6-14/h5-8,11-13,16,18H,3-4,9-10H2,1-2H3. The van der Waals surface area contributed by atoms with Crippen LogP contribution in [0.1, 0.15) is 38.3 Å². The number of halogens is 1. The Morgan fingerprint density at radius 1 is 1.17 bits per heavy atom. The van der Waals surface area contributed by atoms with Gasteiger partial charge in [0.15, 0.2) is 0 Å². The van der Waals surface area contributed by atoms with E-state index in [9.17, 15) is 8.42 Å². The van der Waals surface area contributed by atoms with E-state index in [2.05, 4.69) is 4.72 Å². The number of nitrogens with zero attached hydrogens (tertiary/aromatic N) is 1. The summed E-state index contributed by atoms with van der Waals surface area (Å²) in [5, 5.41) is 0.655. The maximum Gasteiger partial charge on any atom is 0.280 e. The first kappa shape index (κ1) is 17.2. The van der Waals surface area contributed by atoms with Gasteiger partial charge in [-0.05, 0) is 50.3 Å². The van der Waals surface area contributed by atoms with E-state index in [0.29, 0.717) is 24.0 Å². The van der Waals surface area contributed by atoms with E-state index in [4.69, 9.17) is 16.3 Å². The number of hydrogen-bond donors (Lipinski definition) is 1. The molecule has 1 aliphatic carbocycles. The summed E-state index contributed by atoms with van der Waals surface area (Å²) in [5.41, 5.74) is 0.967. The molecular formula is C16H23ClN2O3S. The smallest absolute Gasteiger partial charge is 0.280 e. The topological polar surface area (TPSA) is 58.6 Å². The molecule has 2 aliphatic rings. The van der Waals surface area contributed by atoms with E-state index < -0.39 is 10.2 Å². The molecule has 1 N–H and O–H groups in total. The first-order chi connectivity index (χ1) is 10.8. The Balaban J connectivity index is 1.78. The van der Waals surface area contributed by atoms with Gasteiger partial charge in [-0.25, -0.2) is 0 Å². The molecule has 0 bridgehead atoms. The van der Waals surface area contributed by atoms with E-state index >= 15 is 0 Å². The molecule has 1 saturated heterocycles. The molecule has 1 heterocycles. The average Bonchev–Trinajstić information content (AvgIpc) is 3.29. The van der Waals surface area contributed by atoms with Crippen molar-refractivity contribution in [1.82, 2.24) is 9.03 Å². The molecule has 128 valence electrons. The normalized spacial score (nSPS) is 27.8. The van der Waals surface area contributed by atoms with Crippen LogP contribution in [0.2, 0.25) is 5.02 Å². The molecule has 0 radical (unpaired) electrons. The van der Waals surface area contributed by atoms with Gasteiger partial charge in [0.2, 0.25) is 0 Å². The van der Waals surface area contributed by atoms with Gasteiger partial charge in [0.1, 0.15) is 0 Å². The fourth-order valence-corrected chi connectivity index (χ4v) is 4.83. The van der Waals surface area contributed by atoms with E-state index in [1.165, 1.54) is 4.31 Å². The van der Waals surface area contributed by atoms with Gasteiger partial charge in [-0.2, -0.15) is 17.4 Å². The highest BCUT2D eigenvalue weighted by Gasteiger charge is 2.38. The first-order valence-corrected chi connectivity index (χ1v) is 9.85. The lowest BCUT2D eigenvalue weighted by Crippen LogP contribution is -2.52. The minimum absolute atomic E-state index is 0.0924. The summed E-state index contributed by atoms with van der Waals surface area (Å²) in [4.78, 5) is 0. The number of morpholine rings is 1. The van der Waals surface area contributed by atoms with Crippen LogP contribution in [0.15, 0.2) is 24.3 Å². The third kappa shape index (κ3) is 4.25. The zero-order valence-corrected chi connectivity index (χ0v) is 15.0. The molecule has 0 spiro atoms. The lowest BCUT2D eigenvalue weighted by molar-refractivity contribution is -0.0444. The summed E-state index contributed by atoms with van der Waals surface area (Å²) in [6, 6.07) is 7.22. The van der Waals surface area contributed by atoms with Crippen molar-refractivity contribution in [3.05, 3.63) is 34.9 Å². The largest absolute Gasteiger partial charge is 0.373 e. The number of rotatable bonds is 5. The van der Waals surface area contributed by atoms with Crippen LogP contribution in [0.25, 0.3) is 0 Å². The van der Waals surface area contributed by atoms with Gasteiger partial charge in [-0.3, -0.25) is 0 Å². The van der Waals surface area contributed by atoms with Gasteiger partial charge in [-0.15, -0.1) is 0 Å². The molecule has 0 amide bonds. The Hall–Kier alpha value is -0.660. The summed E-state index contributed by atoms with van der Waals surface area (Å²) >= 11 is 5.94. The molecule has 23 heavy (non-hydrogen) atoms. The fraction of sp³-hybridized carbons (Fsp3) is 0.625. The van der Waals surface area contributed by atoms with Crippen molar-refractivity contribution < 1.29 is 13.2 Å². The van der Waals surface area contributed by atoms with Crippen molar-refractivity contribution >= 4 is 21.8 Å². The summed E-state index contributed by atoms with van der Waals surface area (Å²) in [6.07, 6.45) is 1.91. The van der Waals surface area contributed by atoms with Crippen LogP contribution in [0.4, 0.5) is 0 Å². The summed E-state index contributed by atoms with van der Waals surface area (Å²) in [5.74, 6) is 0.363. The Labute approximate surface area is 143 Å². The Bertz CT molecular complexity index is 636. The molecule has 3 rings (SSSR count). The molecule has 7 heteroatoms. The van der Waals surface area contributed by atoms with Crippen LogP contribution in [-0.2, 0) is 14.9 Å². The van der Waals surface area contributed by atoms with Crippen LogP contribution in [0.5, 0.6) is 0 Å². The molecule has 1 saturated carbocycles. The van der Waals surface area contributed by atoms with Gasteiger partial charge < -0.3 is 4.74 Å². The Morgan fingerprint density at radius 3 is 2.26 bits per heavy atom. The van der Waals surface area contributed by atoms with Crippen molar-refractivity contribution in [2.24, 2.45) is 5.92 Å².